The van der Waals surface area contributed by atoms with Gasteiger partial charge in [0.2, 0.25) is 0 Å². The Morgan fingerprint density at radius 1 is 1.05 bits per heavy atom. The fraction of sp³-hybridized carbons (Fsp3) is 0.0625. The SMILES string of the molecule is OC(c1ccccc1)c1nc(-c2cccc(Cl)c2)cs1. The summed E-state index contributed by atoms with van der Waals surface area (Å²) in [5, 5.41) is 13.6. The van der Waals surface area contributed by atoms with E-state index in [0.717, 1.165) is 16.8 Å². The predicted octanol–water partition coefficient (Wildman–Crippen LogP) is 4.55. The van der Waals surface area contributed by atoms with Gasteiger partial charge in [0.15, 0.2) is 0 Å². The highest BCUT2D eigenvalue weighted by molar-refractivity contribution is 7.10. The van der Waals surface area contributed by atoms with E-state index in [1.54, 1.807) is 0 Å². The van der Waals surface area contributed by atoms with Crippen LogP contribution in [0, 0.1) is 0 Å². The third-order valence-electron chi connectivity index (χ3n) is 2.99. The van der Waals surface area contributed by atoms with Gasteiger partial charge in [-0.25, -0.2) is 4.98 Å². The summed E-state index contributed by atoms with van der Waals surface area (Å²) in [5.74, 6) is 0. The molecule has 3 aromatic rings. The summed E-state index contributed by atoms with van der Waals surface area (Å²) in [6, 6.07) is 17.1. The molecule has 1 atom stereocenters. The fourth-order valence-corrected chi connectivity index (χ4v) is 3.00. The number of aliphatic hydroxyl groups excluding tert-OH is 1. The maximum atomic E-state index is 10.3. The number of benzene rings is 2. The van der Waals surface area contributed by atoms with Gasteiger partial charge in [0.25, 0.3) is 0 Å². The van der Waals surface area contributed by atoms with Crippen LogP contribution in [0.2, 0.25) is 5.02 Å². The molecule has 3 rings (SSSR count). The minimum Gasteiger partial charge on any atom is -0.381 e. The number of hydrogen-bond acceptors (Lipinski definition) is 3. The summed E-state index contributed by atoms with van der Waals surface area (Å²) in [5.41, 5.74) is 2.64. The van der Waals surface area contributed by atoms with Crippen molar-refractivity contribution in [1.82, 2.24) is 4.98 Å². The Hall–Kier alpha value is -1.68. The molecule has 1 aromatic heterocycles. The molecule has 100 valence electrons. The van der Waals surface area contributed by atoms with Crippen molar-refractivity contribution in [1.29, 1.82) is 0 Å². The zero-order valence-electron chi connectivity index (χ0n) is 10.5. The summed E-state index contributed by atoms with van der Waals surface area (Å²) in [4.78, 5) is 4.51. The average molecular weight is 302 g/mol. The molecule has 0 saturated heterocycles. The van der Waals surface area contributed by atoms with E-state index >= 15 is 0 Å². The van der Waals surface area contributed by atoms with Crippen LogP contribution < -0.4 is 0 Å². The highest BCUT2D eigenvalue weighted by Crippen LogP contribution is 2.29. The van der Waals surface area contributed by atoms with Gasteiger partial charge in [-0.15, -0.1) is 11.3 Å². The highest BCUT2D eigenvalue weighted by atomic mass is 35.5. The van der Waals surface area contributed by atoms with Gasteiger partial charge in [-0.05, 0) is 17.7 Å². The van der Waals surface area contributed by atoms with Crippen molar-refractivity contribution in [3.63, 3.8) is 0 Å². The summed E-state index contributed by atoms with van der Waals surface area (Å²) < 4.78 is 0. The Balaban J connectivity index is 1.91. The van der Waals surface area contributed by atoms with E-state index in [1.807, 2.05) is 60.0 Å². The molecule has 0 bridgehead atoms. The minimum atomic E-state index is -0.686. The maximum absolute atomic E-state index is 10.3. The zero-order valence-corrected chi connectivity index (χ0v) is 12.1. The van der Waals surface area contributed by atoms with Crippen molar-refractivity contribution in [3.05, 3.63) is 75.6 Å². The summed E-state index contributed by atoms with van der Waals surface area (Å²) in [6.45, 7) is 0. The van der Waals surface area contributed by atoms with Gasteiger partial charge in [-0.2, -0.15) is 0 Å². The molecule has 2 nitrogen and oxygen atoms in total. The molecule has 0 saturated carbocycles. The quantitative estimate of drug-likeness (QED) is 0.770. The minimum absolute atomic E-state index is 0.681. The van der Waals surface area contributed by atoms with Gasteiger partial charge < -0.3 is 5.11 Å². The van der Waals surface area contributed by atoms with Crippen molar-refractivity contribution in [2.75, 3.05) is 0 Å². The predicted molar refractivity (Wildman–Crippen MR) is 83.1 cm³/mol. The molecular formula is C16H12ClNOS. The zero-order chi connectivity index (χ0) is 13.9. The smallest absolute Gasteiger partial charge is 0.131 e. The van der Waals surface area contributed by atoms with Gasteiger partial charge in [-0.3, -0.25) is 0 Å². The number of nitrogens with zero attached hydrogens (tertiary/aromatic N) is 1. The molecule has 20 heavy (non-hydrogen) atoms. The van der Waals surface area contributed by atoms with E-state index in [9.17, 15) is 5.11 Å². The van der Waals surface area contributed by atoms with Crippen LogP contribution in [0.25, 0.3) is 11.3 Å². The second-order valence-corrected chi connectivity index (χ2v) is 5.72. The first-order valence-electron chi connectivity index (χ1n) is 6.18. The van der Waals surface area contributed by atoms with E-state index in [0.29, 0.717) is 10.0 Å². The Morgan fingerprint density at radius 2 is 1.85 bits per heavy atom. The Bertz CT molecular complexity index is 711. The standard InChI is InChI=1S/C16H12ClNOS/c17-13-8-4-7-12(9-13)14-10-20-16(18-14)15(19)11-5-2-1-3-6-11/h1-10,15,19H. The summed E-state index contributed by atoms with van der Waals surface area (Å²) in [6.07, 6.45) is -0.686. The molecule has 1 unspecified atom stereocenters. The van der Waals surface area contributed by atoms with Crippen molar-refractivity contribution < 1.29 is 5.11 Å². The number of thiazole rings is 1. The Kier molecular flexibility index (Phi) is 3.83. The second kappa shape index (κ2) is 5.75. The van der Waals surface area contributed by atoms with Gasteiger partial charge >= 0.3 is 0 Å². The molecule has 0 aliphatic rings. The molecule has 0 aliphatic heterocycles. The van der Waals surface area contributed by atoms with Crippen molar-refractivity contribution >= 4 is 22.9 Å². The van der Waals surface area contributed by atoms with Crippen LogP contribution in [0.3, 0.4) is 0 Å². The third kappa shape index (κ3) is 2.75. The van der Waals surface area contributed by atoms with E-state index in [2.05, 4.69) is 4.98 Å². The number of halogens is 1. The molecule has 0 amide bonds. The molecule has 0 fully saturated rings. The lowest BCUT2D eigenvalue weighted by atomic mass is 10.1. The molecule has 1 heterocycles. The van der Waals surface area contributed by atoms with Crippen LogP contribution >= 0.6 is 22.9 Å². The first kappa shape index (κ1) is 13.3. The Labute approximate surface area is 126 Å². The largest absolute Gasteiger partial charge is 0.381 e. The van der Waals surface area contributed by atoms with Crippen LogP contribution in [0.4, 0.5) is 0 Å². The van der Waals surface area contributed by atoms with Crippen LogP contribution in [0.1, 0.15) is 16.7 Å². The number of aromatic nitrogens is 1. The summed E-state index contributed by atoms with van der Waals surface area (Å²) in [7, 11) is 0. The van der Waals surface area contributed by atoms with Crippen molar-refractivity contribution in [2.24, 2.45) is 0 Å². The number of aliphatic hydroxyl groups is 1. The molecule has 0 aliphatic carbocycles. The maximum Gasteiger partial charge on any atom is 0.131 e. The lowest BCUT2D eigenvalue weighted by Gasteiger charge is -2.06. The van der Waals surface area contributed by atoms with Crippen molar-refractivity contribution in [3.8, 4) is 11.3 Å². The summed E-state index contributed by atoms with van der Waals surface area (Å²) >= 11 is 7.44. The lowest BCUT2D eigenvalue weighted by Crippen LogP contribution is -1.98. The molecule has 0 spiro atoms. The van der Waals surface area contributed by atoms with E-state index < -0.39 is 6.10 Å². The topological polar surface area (TPSA) is 33.1 Å². The third-order valence-corrected chi connectivity index (χ3v) is 4.12. The monoisotopic (exact) mass is 301 g/mol. The second-order valence-electron chi connectivity index (χ2n) is 4.39. The molecule has 2 aromatic carbocycles. The van der Waals surface area contributed by atoms with Gasteiger partial charge in [-0.1, -0.05) is 54.1 Å². The fourth-order valence-electron chi connectivity index (χ4n) is 1.97. The average Bonchev–Trinajstić information content (AvgIpc) is 2.97. The van der Waals surface area contributed by atoms with Crippen LogP contribution in [0.15, 0.2) is 60.0 Å². The molecular weight excluding hydrogens is 290 g/mol. The van der Waals surface area contributed by atoms with Gasteiger partial charge in [0, 0.05) is 16.0 Å². The van der Waals surface area contributed by atoms with E-state index in [4.69, 9.17) is 11.6 Å². The molecule has 0 radical (unpaired) electrons. The van der Waals surface area contributed by atoms with Crippen LogP contribution in [0.5, 0.6) is 0 Å². The van der Waals surface area contributed by atoms with Crippen molar-refractivity contribution in [2.45, 2.75) is 6.10 Å². The number of rotatable bonds is 3. The van der Waals surface area contributed by atoms with E-state index in [1.165, 1.54) is 11.3 Å². The first-order valence-corrected chi connectivity index (χ1v) is 7.44. The molecule has 1 N–H and O–H groups in total. The van der Waals surface area contributed by atoms with Crippen LogP contribution in [-0.4, -0.2) is 10.1 Å². The van der Waals surface area contributed by atoms with Gasteiger partial charge in [0.05, 0.1) is 5.69 Å². The first-order chi connectivity index (χ1) is 9.74. The van der Waals surface area contributed by atoms with Gasteiger partial charge in [0.1, 0.15) is 11.1 Å². The normalized spacial score (nSPS) is 12.3. The highest BCUT2D eigenvalue weighted by Gasteiger charge is 2.15. The number of hydrogen-bond donors (Lipinski definition) is 1. The molecule has 4 heteroatoms. The van der Waals surface area contributed by atoms with Crippen LogP contribution in [-0.2, 0) is 0 Å². The lowest BCUT2D eigenvalue weighted by molar-refractivity contribution is 0.220. The Morgan fingerprint density at radius 3 is 2.60 bits per heavy atom. The van der Waals surface area contributed by atoms with E-state index in [-0.39, 0.29) is 0 Å².